The number of aromatic nitrogens is 2. The van der Waals surface area contributed by atoms with Crippen LogP contribution in [0.3, 0.4) is 0 Å². The van der Waals surface area contributed by atoms with Gasteiger partial charge in [0.05, 0.1) is 0 Å². The van der Waals surface area contributed by atoms with E-state index in [2.05, 4.69) is 25.9 Å². The Morgan fingerprint density at radius 3 is 2.95 bits per heavy atom. The highest BCUT2D eigenvalue weighted by Gasteiger charge is 2.16. The fourth-order valence-corrected chi connectivity index (χ4v) is 2.54. The molecule has 0 saturated heterocycles. The van der Waals surface area contributed by atoms with Crippen molar-refractivity contribution in [2.75, 3.05) is 0 Å². The van der Waals surface area contributed by atoms with E-state index in [1.54, 1.807) is 18.6 Å². The Morgan fingerprint density at radius 2 is 2.11 bits per heavy atom. The number of fused-ring (bicyclic) bond motifs is 1. The van der Waals surface area contributed by atoms with Crippen molar-refractivity contribution in [3.63, 3.8) is 0 Å². The van der Waals surface area contributed by atoms with Gasteiger partial charge in [-0.15, -0.1) is 0 Å². The molecular formula is C15H11BrN2O. The number of benzene rings is 1. The standard InChI is InChI=1S/C15H11BrN2O/c1-9-2-3-13(16)10(6-9)15(19)12-8-18-14-4-5-17-7-11(12)14/h2-8,18H,1H3. The lowest BCUT2D eigenvalue weighted by Gasteiger charge is -2.04. The van der Waals surface area contributed by atoms with Gasteiger partial charge in [0.15, 0.2) is 5.78 Å². The van der Waals surface area contributed by atoms with Crippen molar-refractivity contribution in [1.29, 1.82) is 0 Å². The number of halogens is 1. The highest BCUT2D eigenvalue weighted by Crippen LogP contribution is 2.25. The van der Waals surface area contributed by atoms with E-state index in [0.717, 1.165) is 20.9 Å². The Bertz CT molecular complexity index is 777. The number of rotatable bonds is 2. The first-order valence-electron chi connectivity index (χ1n) is 5.89. The number of nitrogens with one attached hydrogen (secondary N) is 1. The van der Waals surface area contributed by atoms with E-state index in [1.807, 2.05) is 31.2 Å². The van der Waals surface area contributed by atoms with E-state index in [1.165, 1.54) is 0 Å². The van der Waals surface area contributed by atoms with Gasteiger partial charge in [0.25, 0.3) is 0 Å². The molecule has 0 aliphatic heterocycles. The van der Waals surface area contributed by atoms with Crippen LogP contribution in [0.4, 0.5) is 0 Å². The number of aryl methyl sites for hydroxylation is 1. The number of ketones is 1. The summed E-state index contributed by atoms with van der Waals surface area (Å²) in [5.41, 5.74) is 3.30. The first-order valence-corrected chi connectivity index (χ1v) is 6.68. The minimum atomic E-state index is -0.00479. The normalized spacial score (nSPS) is 10.8. The van der Waals surface area contributed by atoms with Gasteiger partial charge in [-0.25, -0.2) is 0 Å². The number of hydrogen-bond acceptors (Lipinski definition) is 2. The van der Waals surface area contributed by atoms with Crippen LogP contribution in [0.5, 0.6) is 0 Å². The van der Waals surface area contributed by atoms with E-state index < -0.39 is 0 Å². The van der Waals surface area contributed by atoms with Crippen LogP contribution in [-0.2, 0) is 0 Å². The van der Waals surface area contributed by atoms with Crippen LogP contribution in [0, 0.1) is 6.92 Å². The number of nitrogens with zero attached hydrogens (tertiary/aromatic N) is 1. The van der Waals surface area contributed by atoms with E-state index in [9.17, 15) is 4.79 Å². The number of carbonyl (C=O) groups is 1. The van der Waals surface area contributed by atoms with Crippen LogP contribution in [-0.4, -0.2) is 15.8 Å². The van der Waals surface area contributed by atoms with Gasteiger partial charge < -0.3 is 4.98 Å². The lowest BCUT2D eigenvalue weighted by atomic mass is 10.0. The molecule has 19 heavy (non-hydrogen) atoms. The number of pyridine rings is 1. The zero-order chi connectivity index (χ0) is 13.4. The number of carbonyl (C=O) groups excluding carboxylic acids is 1. The van der Waals surface area contributed by atoms with Crippen LogP contribution >= 0.6 is 15.9 Å². The molecule has 2 heterocycles. The summed E-state index contributed by atoms with van der Waals surface area (Å²) < 4.78 is 0.807. The van der Waals surface area contributed by atoms with E-state index in [-0.39, 0.29) is 5.78 Å². The van der Waals surface area contributed by atoms with Gasteiger partial charge in [-0.3, -0.25) is 9.78 Å². The zero-order valence-corrected chi connectivity index (χ0v) is 11.9. The molecule has 1 N–H and O–H groups in total. The first kappa shape index (κ1) is 12.1. The van der Waals surface area contributed by atoms with Crippen molar-refractivity contribution < 1.29 is 4.79 Å². The summed E-state index contributed by atoms with van der Waals surface area (Å²) in [5, 5.41) is 0.848. The van der Waals surface area contributed by atoms with Gasteiger partial charge in [0.2, 0.25) is 0 Å². The first-order chi connectivity index (χ1) is 9.16. The van der Waals surface area contributed by atoms with E-state index in [0.29, 0.717) is 11.1 Å². The highest BCUT2D eigenvalue weighted by molar-refractivity contribution is 9.10. The molecule has 94 valence electrons. The average Bonchev–Trinajstić information content (AvgIpc) is 2.84. The summed E-state index contributed by atoms with van der Waals surface area (Å²) in [7, 11) is 0. The minimum absolute atomic E-state index is 0.00479. The fraction of sp³-hybridized carbons (Fsp3) is 0.0667. The van der Waals surface area contributed by atoms with Gasteiger partial charge in [-0.05, 0) is 25.1 Å². The van der Waals surface area contributed by atoms with Crippen molar-refractivity contribution in [3.05, 3.63) is 64.0 Å². The molecule has 3 rings (SSSR count). The molecule has 0 saturated carbocycles. The van der Waals surface area contributed by atoms with Crippen molar-refractivity contribution in [3.8, 4) is 0 Å². The van der Waals surface area contributed by atoms with Crippen molar-refractivity contribution in [1.82, 2.24) is 9.97 Å². The van der Waals surface area contributed by atoms with Gasteiger partial charge in [0.1, 0.15) is 0 Å². The maximum absolute atomic E-state index is 12.6. The topological polar surface area (TPSA) is 45.8 Å². The molecule has 0 unspecified atom stereocenters. The third-order valence-electron chi connectivity index (χ3n) is 3.09. The molecule has 0 spiro atoms. The van der Waals surface area contributed by atoms with Crippen LogP contribution in [0.2, 0.25) is 0 Å². The zero-order valence-electron chi connectivity index (χ0n) is 10.3. The Labute approximate surface area is 118 Å². The molecule has 0 amide bonds. The second-order valence-corrected chi connectivity index (χ2v) is 5.29. The predicted molar refractivity (Wildman–Crippen MR) is 78.4 cm³/mol. The molecule has 0 fully saturated rings. The molecule has 0 aliphatic rings. The Balaban J connectivity index is 2.16. The van der Waals surface area contributed by atoms with Crippen LogP contribution < -0.4 is 0 Å². The number of H-pyrrole nitrogens is 1. The molecule has 1 aromatic carbocycles. The minimum Gasteiger partial charge on any atom is -0.360 e. The average molecular weight is 315 g/mol. The summed E-state index contributed by atoms with van der Waals surface area (Å²) >= 11 is 3.43. The molecule has 3 aromatic rings. The van der Waals surface area contributed by atoms with Crippen molar-refractivity contribution >= 4 is 32.6 Å². The van der Waals surface area contributed by atoms with Gasteiger partial charge in [-0.1, -0.05) is 27.6 Å². The Kier molecular flexibility index (Phi) is 2.95. The van der Waals surface area contributed by atoms with E-state index in [4.69, 9.17) is 0 Å². The van der Waals surface area contributed by atoms with Crippen LogP contribution in [0.15, 0.2) is 47.3 Å². The molecular weight excluding hydrogens is 304 g/mol. The van der Waals surface area contributed by atoms with Gasteiger partial charge in [0, 0.05) is 45.1 Å². The quantitative estimate of drug-likeness (QED) is 0.730. The third kappa shape index (κ3) is 2.08. The summed E-state index contributed by atoms with van der Waals surface area (Å²) in [6.07, 6.45) is 5.15. The molecule has 0 aliphatic carbocycles. The second-order valence-electron chi connectivity index (χ2n) is 4.44. The fourth-order valence-electron chi connectivity index (χ4n) is 2.11. The van der Waals surface area contributed by atoms with Crippen molar-refractivity contribution in [2.24, 2.45) is 0 Å². The SMILES string of the molecule is Cc1ccc(Br)c(C(=O)c2c[nH]c3ccncc23)c1. The molecule has 0 atom stereocenters. The Hall–Kier alpha value is -1.94. The van der Waals surface area contributed by atoms with Crippen LogP contribution in [0.1, 0.15) is 21.5 Å². The Morgan fingerprint density at radius 1 is 1.26 bits per heavy atom. The van der Waals surface area contributed by atoms with Gasteiger partial charge >= 0.3 is 0 Å². The molecule has 4 heteroatoms. The molecule has 2 aromatic heterocycles. The molecule has 0 bridgehead atoms. The third-order valence-corrected chi connectivity index (χ3v) is 3.79. The van der Waals surface area contributed by atoms with E-state index >= 15 is 0 Å². The summed E-state index contributed by atoms with van der Waals surface area (Å²) in [6, 6.07) is 7.62. The summed E-state index contributed by atoms with van der Waals surface area (Å²) in [4.78, 5) is 19.8. The second kappa shape index (κ2) is 4.63. The smallest absolute Gasteiger partial charge is 0.196 e. The number of hydrogen-bond donors (Lipinski definition) is 1. The monoisotopic (exact) mass is 314 g/mol. The lowest BCUT2D eigenvalue weighted by Crippen LogP contribution is -2.02. The molecule has 0 radical (unpaired) electrons. The summed E-state index contributed by atoms with van der Waals surface area (Å²) in [5.74, 6) is -0.00479. The maximum atomic E-state index is 12.6. The lowest BCUT2D eigenvalue weighted by molar-refractivity contribution is 0.103. The highest BCUT2D eigenvalue weighted by atomic mass is 79.9. The van der Waals surface area contributed by atoms with Crippen LogP contribution in [0.25, 0.3) is 10.9 Å². The van der Waals surface area contributed by atoms with Crippen molar-refractivity contribution in [2.45, 2.75) is 6.92 Å². The summed E-state index contributed by atoms with van der Waals surface area (Å²) in [6.45, 7) is 1.97. The maximum Gasteiger partial charge on any atom is 0.196 e. The number of aromatic amines is 1. The largest absolute Gasteiger partial charge is 0.360 e. The predicted octanol–water partition coefficient (Wildman–Crippen LogP) is 3.86. The van der Waals surface area contributed by atoms with Gasteiger partial charge in [-0.2, -0.15) is 0 Å². The molecule has 3 nitrogen and oxygen atoms in total.